The summed E-state index contributed by atoms with van der Waals surface area (Å²) in [6.07, 6.45) is 3.39. The van der Waals surface area contributed by atoms with E-state index in [0.717, 1.165) is 16.8 Å². The van der Waals surface area contributed by atoms with E-state index in [4.69, 9.17) is 4.74 Å². The molecule has 2 aromatic heterocycles. The monoisotopic (exact) mass is 281 g/mol. The molecule has 0 aliphatic carbocycles. The van der Waals surface area contributed by atoms with Gasteiger partial charge in [0, 0.05) is 5.69 Å². The summed E-state index contributed by atoms with van der Waals surface area (Å²) < 4.78 is 5.72. The molecule has 0 radical (unpaired) electrons. The van der Waals surface area contributed by atoms with Crippen LogP contribution >= 0.6 is 0 Å². The van der Waals surface area contributed by atoms with E-state index in [-0.39, 0.29) is 5.91 Å². The first-order valence-electron chi connectivity index (χ1n) is 6.48. The van der Waals surface area contributed by atoms with Crippen molar-refractivity contribution in [2.24, 2.45) is 0 Å². The standard InChI is InChI=1S/C14H11N5O2/c20-11-4-9-3-8(1-2-10(9)19-11)5-21-14-12-13(16-6-15-12)17-7-18-14/h1-3,6-7H,4-5H2,(H,19,20)(H,15,16,17,18). The van der Waals surface area contributed by atoms with Crippen LogP contribution in [0.4, 0.5) is 5.69 Å². The van der Waals surface area contributed by atoms with Crippen LogP contribution in [0.2, 0.25) is 0 Å². The number of aromatic nitrogens is 4. The number of nitrogens with one attached hydrogen (secondary N) is 2. The first-order chi connectivity index (χ1) is 10.3. The molecule has 21 heavy (non-hydrogen) atoms. The van der Waals surface area contributed by atoms with Gasteiger partial charge in [-0.1, -0.05) is 6.07 Å². The molecule has 1 aromatic carbocycles. The van der Waals surface area contributed by atoms with Crippen molar-refractivity contribution in [1.82, 2.24) is 19.9 Å². The normalized spacial score (nSPS) is 13.2. The summed E-state index contributed by atoms with van der Waals surface area (Å²) in [5.74, 6) is 0.491. The van der Waals surface area contributed by atoms with Gasteiger partial charge in [-0.15, -0.1) is 0 Å². The van der Waals surface area contributed by atoms with Crippen LogP contribution in [0.1, 0.15) is 11.1 Å². The van der Waals surface area contributed by atoms with E-state index >= 15 is 0 Å². The van der Waals surface area contributed by atoms with E-state index in [2.05, 4.69) is 25.3 Å². The van der Waals surface area contributed by atoms with Crippen LogP contribution in [-0.2, 0) is 17.8 Å². The zero-order valence-electron chi connectivity index (χ0n) is 11.0. The van der Waals surface area contributed by atoms with Crippen molar-refractivity contribution in [2.75, 3.05) is 5.32 Å². The minimum atomic E-state index is 0.0260. The molecule has 1 amide bonds. The van der Waals surface area contributed by atoms with Crippen molar-refractivity contribution < 1.29 is 9.53 Å². The molecular formula is C14H11N5O2. The van der Waals surface area contributed by atoms with Gasteiger partial charge in [0.1, 0.15) is 18.5 Å². The SMILES string of the molecule is O=C1Cc2cc(COc3ncnc4nc[nH]c34)ccc2N1. The van der Waals surface area contributed by atoms with Crippen LogP contribution in [0.5, 0.6) is 5.88 Å². The number of nitrogens with zero attached hydrogens (tertiary/aromatic N) is 3. The lowest BCUT2D eigenvalue weighted by atomic mass is 10.1. The number of carbonyl (C=O) groups is 1. The predicted molar refractivity (Wildman–Crippen MR) is 74.8 cm³/mol. The number of H-pyrrole nitrogens is 1. The number of imidazole rings is 1. The fraction of sp³-hybridized carbons (Fsp3) is 0.143. The lowest BCUT2D eigenvalue weighted by Crippen LogP contribution is -2.03. The maximum absolute atomic E-state index is 11.3. The van der Waals surface area contributed by atoms with Gasteiger partial charge in [-0.3, -0.25) is 4.79 Å². The van der Waals surface area contributed by atoms with Gasteiger partial charge in [0.25, 0.3) is 0 Å². The summed E-state index contributed by atoms with van der Waals surface area (Å²) in [5, 5.41) is 2.81. The largest absolute Gasteiger partial charge is 0.471 e. The topological polar surface area (TPSA) is 92.8 Å². The molecule has 0 unspecified atom stereocenters. The predicted octanol–water partition coefficient (Wildman–Crippen LogP) is 1.43. The number of ether oxygens (including phenoxy) is 1. The van der Waals surface area contributed by atoms with Crippen LogP contribution in [0, 0.1) is 0 Å². The molecule has 7 heteroatoms. The van der Waals surface area contributed by atoms with E-state index < -0.39 is 0 Å². The first kappa shape index (κ1) is 11.8. The highest BCUT2D eigenvalue weighted by molar-refractivity contribution is 5.99. The fourth-order valence-corrected chi connectivity index (χ4v) is 2.38. The molecule has 1 aliphatic heterocycles. The van der Waals surface area contributed by atoms with E-state index in [0.29, 0.717) is 30.1 Å². The Morgan fingerprint density at radius 3 is 3.14 bits per heavy atom. The second kappa shape index (κ2) is 4.55. The Morgan fingerprint density at radius 1 is 1.24 bits per heavy atom. The number of anilines is 1. The molecule has 0 atom stereocenters. The van der Waals surface area contributed by atoms with Crippen molar-refractivity contribution in [2.45, 2.75) is 13.0 Å². The molecule has 3 aromatic rings. The van der Waals surface area contributed by atoms with Crippen molar-refractivity contribution in [3.8, 4) is 5.88 Å². The molecular weight excluding hydrogens is 270 g/mol. The number of amides is 1. The molecule has 7 nitrogen and oxygen atoms in total. The Bertz CT molecular complexity index is 842. The van der Waals surface area contributed by atoms with E-state index in [1.165, 1.54) is 6.33 Å². The highest BCUT2D eigenvalue weighted by atomic mass is 16.5. The van der Waals surface area contributed by atoms with Crippen molar-refractivity contribution in [3.63, 3.8) is 0 Å². The molecule has 2 N–H and O–H groups in total. The third-order valence-corrected chi connectivity index (χ3v) is 3.36. The van der Waals surface area contributed by atoms with Gasteiger partial charge in [0.05, 0.1) is 12.7 Å². The van der Waals surface area contributed by atoms with Gasteiger partial charge < -0.3 is 15.0 Å². The zero-order chi connectivity index (χ0) is 14.2. The number of carbonyl (C=O) groups excluding carboxylic acids is 1. The Balaban J connectivity index is 1.56. The van der Waals surface area contributed by atoms with Crippen LogP contribution < -0.4 is 10.1 Å². The Hall–Kier alpha value is -2.96. The number of fused-ring (bicyclic) bond motifs is 2. The summed E-state index contributed by atoms with van der Waals surface area (Å²) >= 11 is 0. The van der Waals surface area contributed by atoms with Crippen molar-refractivity contribution in [3.05, 3.63) is 42.0 Å². The number of hydrogen-bond donors (Lipinski definition) is 2. The maximum Gasteiger partial charge on any atom is 0.243 e. The Kier molecular flexibility index (Phi) is 2.56. The van der Waals surface area contributed by atoms with E-state index in [1.54, 1.807) is 6.33 Å². The third-order valence-electron chi connectivity index (χ3n) is 3.36. The number of benzene rings is 1. The molecule has 0 saturated heterocycles. The molecule has 104 valence electrons. The second-order valence-corrected chi connectivity index (χ2v) is 4.79. The molecule has 4 rings (SSSR count). The van der Waals surface area contributed by atoms with Crippen molar-refractivity contribution in [1.29, 1.82) is 0 Å². The van der Waals surface area contributed by atoms with Gasteiger partial charge in [-0.25, -0.2) is 9.97 Å². The smallest absolute Gasteiger partial charge is 0.243 e. The zero-order valence-corrected chi connectivity index (χ0v) is 11.0. The summed E-state index contributed by atoms with van der Waals surface area (Å²) in [7, 11) is 0. The first-order valence-corrected chi connectivity index (χ1v) is 6.48. The number of rotatable bonds is 3. The van der Waals surface area contributed by atoms with Gasteiger partial charge in [-0.05, 0) is 23.3 Å². The average molecular weight is 281 g/mol. The lowest BCUT2D eigenvalue weighted by molar-refractivity contribution is -0.115. The molecule has 1 aliphatic rings. The van der Waals surface area contributed by atoms with E-state index in [1.807, 2.05) is 18.2 Å². The average Bonchev–Trinajstić information content (AvgIpc) is 3.09. The minimum absolute atomic E-state index is 0.0260. The van der Waals surface area contributed by atoms with Crippen LogP contribution in [0.15, 0.2) is 30.9 Å². The third kappa shape index (κ3) is 2.08. The van der Waals surface area contributed by atoms with Gasteiger partial charge in [-0.2, -0.15) is 4.98 Å². The molecule has 0 bridgehead atoms. The number of hydrogen-bond acceptors (Lipinski definition) is 5. The van der Waals surface area contributed by atoms with Crippen LogP contribution in [-0.4, -0.2) is 25.8 Å². The summed E-state index contributed by atoms with van der Waals surface area (Å²) in [4.78, 5) is 26.5. The minimum Gasteiger partial charge on any atom is -0.471 e. The van der Waals surface area contributed by atoms with Gasteiger partial charge in [0.2, 0.25) is 11.8 Å². The number of aromatic amines is 1. The summed E-state index contributed by atoms with van der Waals surface area (Å²) in [6, 6.07) is 5.79. The maximum atomic E-state index is 11.3. The van der Waals surface area contributed by atoms with Gasteiger partial charge in [0.15, 0.2) is 5.65 Å². The van der Waals surface area contributed by atoms with Crippen molar-refractivity contribution >= 4 is 22.8 Å². The molecule has 3 heterocycles. The van der Waals surface area contributed by atoms with E-state index in [9.17, 15) is 4.79 Å². The molecule has 0 spiro atoms. The second-order valence-electron chi connectivity index (χ2n) is 4.79. The Labute approximate surface area is 119 Å². The van der Waals surface area contributed by atoms with Gasteiger partial charge >= 0.3 is 0 Å². The molecule has 0 fully saturated rings. The fourth-order valence-electron chi connectivity index (χ4n) is 2.38. The van der Waals surface area contributed by atoms with Crippen LogP contribution in [0.25, 0.3) is 11.2 Å². The quantitative estimate of drug-likeness (QED) is 0.757. The molecule has 0 saturated carbocycles. The highest BCUT2D eigenvalue weighted by Crippen LogP contribution is 2.25. The summed E-state index contributed by atoms with van der Waals surface area (Å²) in [6.45, 7) is 0.368. The summed E-state index contributed by atoms with van der Waals surface area (Å²) in [5.41, 5.74) is 4.10. The lowest BCUT2D eigenvalue weighted by Gasteiger charge is -2.07. The highest BCUT2D eigenvalue weighted by Gasteiger charge is 2.17. The van der Waals surface area contributed by atoms with Crippen LogP contribution in [0.3, 0.4) is 0 Å². The Morgan fingerprint density at radius 2 is 2.19 bits per heavy atom.